The van der Waals surface area contributed by atoms with E-state index in [1.807, 2.05) is 0 Å². The monoisotopic (exact) mass is 427 g/mol. The van der Waals surface area contributed by atoms with Crippen LogP contribution in [0, 0.1) is 11.2 Å². The normalized spacial score (nSPS) is 26.3. The second-order valence-electron chi connectivity index (χ2n) is 7.05. The maximum Gasteiger partial charge on any atom is 0.291 e. The van der Waals surface area contributed by atoms with Gasteiger partial charge in [0, 0.05) is 6.07 Å². The van der Waals surface area contributed by atoms with Crippen molar-refractivity contribution >= 4 is 15.7 Å². The van der Waals surface area contributed by atoms with Crippen molar-refractivity contribution in [2.24, 2.45) is 5.41 Å². The molecule has 1 aromatic carbocycles. The van der Waals surface area contributed by atoms with Crippen LogP contribution in [0.15, 0.2) is 45.9 Å². The Hall–Kier alpha value is -2.47. The van der Waals surface area contributed by atoms with Crippen LogP contribution in [-0.4, -0.2) is 44.3 Å². The Morgan fingerprint density at radius 2 is 1.83 bits per heavy atom. The predicted molar refractivity (Wildman–Crippen MR) is 93.4 cm³/mol. The molecular formula is C18H18FNO8S. The second-order valence-corrected chi connectivity index (χ2v) is 8.97. The van der Waals surface area contributed by atoms with Gasteiger partial charge in [0.05, 0.1) is 23.4 Å². The smallest absolute Gasteiger partial charge is 0.291 e. The highest BCUT2D eigenvalue weighted by atomic mass is 32.2. The summed E-state index contributed by atoms with van der Waals surface area (Å²) in [5.41, 5.74) is 0.131. The molecule has 2 heterocycles. The van der Waals surface area contributed by atoms with E-state index >= 15 is 0 Å². The van der Waals surface area contributed by atoms with Crippen LogP contribution in [0.25, 0.3) is 0 Å². The lowest BCUT2D eigenvalue weighted by molar-refractivity contribution is -0.140. The van der Waals surface area contributed by atoms with E-state index in [1.165, 1.54) is 36.4 Å². The summed E-state index contributed by atoms with van der Waals surface area (Å²) in [4.78, 5) is 12.3. The van der Waals surface area contributed by atoms with E-state index in [9.17, 15) is 17.6 Å². The van der Waals surface area contributed by atoms with E-state index in [1.54, 1.807) is 5.48 Å². The SMILES string of the molecule is O=C(NO)C1(CS(=O)(=O)c2ccc(Oc3ccc(F)cc3)o2)CC2OCOC2C1. The van der Waals surface area contributed by atoms with Gasteiger partial charge in [0.2, 0.25) is 14.9 Å². The number of hydrogen-bond acceptors (Lipinski definition) is 8. The van der Waals surface area contributed by atoms with Gasteiger partial charge in [-0.3, -0.25) is 10.0 Å². The summed E-state index contributed by atoms with van der Waals surface area (Å²) >= 11 is 0. The number of carbonyl (C=O) groups excluding carboxylic acids is 1. The number of carbonyl (C=O) groups is 1. The van der Waals surface area contributed by atoms with Gasteiger partial charge in [0.25, 0.3) is 11.9 Å². The van der Waals surface area contributed by atoms with E-state index in [0.717, 1.165) is 0 Å². The fraction of sp³-hybridized carbons (Fsp3) is 0.389. The largest absolute Gasteiger partial charge is 0.426 e. The van der Waals surface area contributed by atoms with Crippen molar-refractivity contribution in [2.75, 3.05) is 12.5 Å². The number of rotatable bonds is 6. The number of nitrogens with one attached hydrogen (secondary N) is 1. The van der Waals surface area contributed by atoms with Crippen molar-refractivity contribution in [1.29, 1.82) is 0 Å². The van der Waals surface area contributed by atoms with Gasteiger partial charge >= 0.3 is 0 Å². The molecule has 1 aliphatic heterocycles. The van der Waals surface area contributed by atoms with Crippen molar-refractivity contribution < 1.29 is 41.4 Å². The molecule has 1 aliphatic carbocycles. The van der Waals surface area contributed by atoms with Gasteiger partial charge in [0.1, 0.15) is 18.4 Å². The molecule has 0 bridgehead atoms. The van der Waals surface area contributed by atoms with Crippen LogP contribution in [0.2, 0.25) is 0 Å². The molecule has 1 saturated heterocycles. The molecule has 2 atom stereocenters. The van der Waals surface area contributed by atoms with Crippen molar-refractivity contribution in [3.8, 4) is 11.7 Å². The number of fused-ring (bicyclic) bond motifs is 1. The maximum atomic E-state index is 13.0. The average Bonchev–Trinajstić information content (AvgIpc) is 3.38. The van der Waals surface area contributed by atoms with Crippen LogP contribution in [0.3, 0.4) is 0 Å². The molecule has 2 unspecified atom stereocenters. The van der Waals surface area contributed by atoms with Crippen LogP contribution >= 0.6 is 0 Å². The second kappa shape index (κ2) is 7.41. The fourth-order valence-electron chi connectivity index (χ4n) is 3.73. The summed E-state index contributed by atoms with van der Waals surface area (Å²) in [6.45, 7) is 0.0845. The van der Waals surface area contributed by atoms with Crippen molar-refractivity contribution in [2.45, 2.75) is 30.1 Å². The maximum absolute atomic E-state index is 13.0. The molecule has 2 aliphatic rings. The molecule has 2 fully saturated rings. The zero-order chi connectivity index (χ0) is 20.6. The number of ether oxygens (including phenoxy) is 3. The van der Waals surface area contributed by atoms with Gasteiger partial charge in [0.15, 0.2) is 0 Å². The number of furan rings is 1. The molecule has 1 amide bonds. The number of amides is 1. The van der Waals surface area contributed by atoms with E-state index in [-0.39, 0.29) is 31.3 Å². The van der Waals surface area contributed by atoms with E-state index in [2.05, 4.69) is 0 Å². The molecule has 11 heteroatoms. The van der Waals surface area contributed by atoms with Gasteiger partial charge in [-0.25, -0.2) is 18.3 Å². The fourth-order valence-corrected chi connectivity index (χ4v) is 5.45. The van der Waals surface area contributed by atoms with Crippen molar-refractivity contribution in [3.05, 3.63) is 42.2 Å². The highest BCUT2D eigenvalue weighted by molar-refractivity contribution is 7.91. The molecule has 0 radical (unpaired) electrons. The van der Waals surface area contributed by atoms with Gasteiger partial charge in [-0.1, -0.05) is 0 Å². The Balaban J connectivity index is 1.54. The first-order valence-corrected chi connectivity index (χ1v) is 10.4. The Bertz CT molecular complexity index is 991. The van der Waals surface area contributed by atoms with Gasteiger partial charge < -0.3 is 18.6 Å². The molecule has 4 rings (SSSR count). The summed E-state index contributed by atoms with van der Waals surface area (Å²) in [5, 5.41) is 8.74. The third-order valence-corrected chi connectivity index (χ3v) is 6.87. The Morgan fingerprint density at radius 1 is 1.17 bits per heavy atom. The van der Waals surface area contributed by atoms with Crippen LogP contribution in [0.1, 0.15) is 12.8 Å². The lowest BCUT2D eigenvalue weighted by Crippen LogP contribution is -2.43. The van der Waals surface area contributed by atoms with Crippen molar-refractivity contribution in [1.82, 2.24) is 5.48 Å². The van der Waals surface area contributed by atoms with Gasteiger partial charge in [-0.15, -0.1) is 0 Å². The molecular weight excluding hydrogens is 409 g/mol. The zero-order valence-corrected chi connectivity index (χ0v) is 15.9. The van der Waals surface area contributed by atoms with Gasteiger partial charge in [-0.05, 0) is 43.2 Å². The lowest BCUT2D eigenvalue weighted by Gasteiger charge is -2.26. The number of halogens is 1. The highest BCUT2D eigenvalue weighted by Crippen LogP contribution is 2.45. The summed E-state index contributed by atoms with van der Waals surface area (Å²) in [6.07, 6.45) is -0.667. The Morgan fingerprint density at radius 3 is 2.45 bits per heavy atom. The lowest BCUT2D eigenvalue weighted by atomic mass is 9.87. The van der Waals surface area contributed by atoms with Crippen LogP contribution < -0.4 is 10.2 Å². The van der Waals surface area contributed by atoms with Crippen LogP contribution in [0.5, 0.6) is 11.7 Å². The Labute approximate surface area is 165 Å². The summed E-state index contributed by atoms with van der Waals surface area (Å²) < 4.78 is 60.2. The van der Waals surface area contributed by atoms with E-state index in [4.69, 9.17) is 23.8 Å². The van der Waals surface area contributed by atoms with E-state index in [0.29, 0.717) is 0 Å². The highest BCUT2D eigenvalue weighted by Gasteiger charge is 2.55. The average molecular weight is 427 g/mol. The molecule has 29 heavy (non-hydrogen) atoms. The molecule has 1 aromatic heterocycles. The number of benzene rings is 1. The molecule has 0 spiro atoms. The third kappa shape index (κ3) is 3.86. The molecule has 156 valence electrons. The summed E-state index contributed by atoms with van der Waals surface area (Å²) in [6, 6.07) is 7.63. The first kappa shape index (κ1) is 19.8. The minimum atomic E-state index is -4.06. The molecule has 2 N–H and O–H groups in total. The molecule has 2 aromatic rings. The van der Waals surface area contributed by atoms with Gasteiger partial charge in [-0.2, -0.15) is 0 Å². The minimum absolute atomic E-state index is 0.0845. The standard InChI is InChI=1S/C18H18FNO8S/c19-11-1-3-12(4-2-11)27-15-5-6-16(28-15)29(23,24)9-18(17(21)20-22)7-13-14(8-18)26-10-25-13/h1-6,13-14,22H,7-10H2,(H,20,21). The molecule has 1 saturated carbocycles. The third-order valence-electron chi connectivity index (χ3n) is 5.11. The van der Waals surface area contributed by atoms with Crippen molar-refractivity contribution in [3.63, 3.8) is 0 Å². The number of hydrogen-bond donors (Lipinski definition) is 2. The quantitative estimate of drug-likeness (QED) is 0.530. The Kier molecular flexibility index (Phi) is 5.07. The number of hydroxylamine groups is 1. The van der Waals surface area contributed by atoms with E-state index < -0.39 is 50.0 Å². The van der Waals surface area contributed by atoms with Crippen LogP contribution in [0.4, 0.5) is 4.39 Å². The summed E-state index contributed by atoms with van der Waals surface area (Å²) in [5.74, 6) is -1.71. The zero-order valence-electron chi connectivity index (χ0n) is 15.0. The molecule has 9 nitrogen and oxygen atoms in total. The first-order chi connectivity index (χ1) is 13.8. The number of sulfone groups is 1. The van der Waals surface area contributed by atoms with Crippen LogP contribution in [-0.2, 0) is 24.1 Å². The minimum Gasteiger partial charge on any atom is -0.426 e. The predicted octanol–water partition coefficient (Wildman–Crippen LogP) is 2.01. The topological polar surface area (TPSA) is 124 Å². The first-order valence-electron chi connectivity index (χ1n) is 8.75. The summed E-state index contributed by atoms with van der Waals surface area (Å²) in [7, 11) is -4.06.